The first-order valence-electron chi connectivity index (χ1n) is 8.37. The fraction of sp³-hybridized carbons (Fsp3) is 0.474. The van der Waals surface area contributed by atoms with Crippen molar-refractivity contribution in [1.82, 2.24) is 5.32 Å². The number of rotatable bonds is 7. The summed E-state index contributed by atoms with van der Waals surface area (Å²) in [6, 6.07) is 10.3. The Hall–Kier alpha value is -2.10. The molecule has 1 aromatic rings. The normalized spacial score (nSPS) is 28.0. The average molecular weight is 312 g/mol. The second-order valence-electron chi connectivity index (χ2n) is 6.55. The number of benzene rings is 1. The van der Waals surface area contributed by atoms with Crippen molar-refractivity contribution in [2.75, 3.05) is 6.54 Å². The van der Waals surface area contributed by atoms with Crippen molar-refractivity contribution in [3.8, 4) is 0 Å². The summed E-state index contributed by atoms with van der Waals surface area (Å²) >= 11 is 0. The highest BCUT2D eigenvalue weighted by Gasteiger charge is 2.48. The summed E-state index contributed by atoms with van der Waals surface area (Å²) in [5.41, 5.74) is 1.30. The van der Waals surface area contributed by atoms with Crippen LogP contribution in [0.25, 0.3) is 0 Å². The van der Waals surface area contributed by atoms with Crippen molar-refractivity contribution in [2.45, 2.75) is 25.7 Å². The lowest BCUT2D eigenvalue weighted by atomic mass is 9.82. The molecule has 23 heavy (non-hydrogen) atoms. The molecule has 3 rings (SSSR count). The van der Waals surface area contributed by atoms with Crippen LogP contribution < -0.4 is 10.4 Å². The van der Waals surface area contributed by atoms with E-state index in [0.29, 0.717) is 6.54 Å². The summed E-state index contributed by atoms with van der Waals surface area (Å²) in [6.45, 7) is 0.600. The Bertz CT molecular complexity index is 596. The molecule has 0 saturated heterocycles. The zero-order valence-corrected chi connectivity index (χ0v) is 13.1. The number of aliphatic carboxylic acids is 1. The van der Waals surface area contributed by atoms with E-state index in [4.69, 9.17) is 0 Å². The van der Waals surface area contributed by atoms with Gasteiger partial charge in [0, 0.05) is 18.4 Å². The quantitative estimate of drug-likeness (QED) is 0.610. The number of carboxylic acids is 1. The molecule has 2 aliphatic rings. The topological polar surface area (TPSA) is 69.2 Å². The third-order valence-corrected chi connectivity index (χ3v) is 5.07. The monoisotopic (exact) mass is 312 g/mol. The molecule has 1 amide bonds. The molecular formula is C19H22NO3-. The summed E-state index contributed by atoms with van der Waals surface area (Å²) in [4.78, 5) is 23.7. The number of fused-ring (bicyclic) bond motifs is 2. The Morgan fingerprint density at radius 2 is 1.74 bits per heavy atom. The van der Waals surface area contributed by atoms with Crippen molar-refractivity contribution in [3.05, 3.63) is 48.0 Å². The minimum Gasteiger partial charge on any atom is -0.550 e. The van der Waals surface area contributed by atoms with Gasteiger partial charge in [-0.25, -0.2) is 0 Å². The van der Waals surface area contributed by atoms with Gasteiger partial charge in [0.25, 0.3) is 0 Å². The highest BCUT2D eigenvalue weighted by molar-refractivity contribution is 5.86. The molecule has 0 aliphatic heterocycles. The lowest BCUT2D eigenvalue weighted by molar-refractivity contribution is -0.313. The number of allylic oxidation sites excluding steroid dienone is 2. The van der Waals surface area contributed by atoms with Gasteiger partial charge in [-0.1, -0.05) is 42.5 Å². The summed E-state index contributed by atoms with van der Waals surface area (Å²) in [6.07, 6.45) is 7.58. The van der Waals surface area contributed by atoms with Crippen LogP contribution in [0, 0.1) is 23.7 Å². The molecule has 4 atom stereocenters. The zero-order chi connectivity index (χ0) is 16.2. The third-order valence-electron chi connectivity index (χ3n) is 5.07. The SMILES string of the molecule is O=C([O-])[C@@H]1[C@H](C(=O)NCCCCc2ccccc2)[C@@H]2C=C[C@H]1C2. The molecule has 2 aliphatic carbocycles. The first-order chi connectivity index (χ1) is 11.2. The van der Waals surface area contributed by atoms with Crippen molar-refractivity contribution in [2.24, 2.45) is 23.7 Å². The Morgan fingerprint density at radius 1 is 1.04 bits per heavy atom. The van der Waals surface area contributed by atoms with Crippen molar-refractivity contribution < 1.29 is 14.7 Å². The van der Waals surface area contributed by atoms with Crippen LogP contribution in [0.2, 0.25) is 0 Å². The standard InChI is InChI=1S/C19H23NO3/c21-18(16-14-9-10-15(12-14)17(16)19(22)23)20-11-5-4-8-13-6-2-1-3-7-13/h1-3,6-7,9-10,14-17H,4-5,8,11-12H2,(H,20,21)(H,22,23)/p-1/t14-,15+,16-,17+/m1/s1. The zero-order valence-electron chi connectivity index (χ0n) is 13.1. The van der Waals surface area contributed by atoms with Gasteiger partial charge in [0.2, 0.25) is 5.91 Å². The van der Waals surface area contributed by atoms with E-state index >= 15 is 0 Å². The second-order valence-corrected chi connectivity index (χ2v) is 6.55. The number of hydrogen-bond acceptors (Lipinski definition) is 3. The summed E-state index contributed by atoms with van der Waals surface area (Å²) in [5.74, 6) is -2.30. The van der Waals surface area contributed by atoms with E-state index in [-0.39, 0.29) is 17.7 Å². The van der Waals surface area contributed by atoms with E-state index in [2.05, 4.69) is 17.4 Å². The fourth-order valence-electron chi connectivity index (χ4n) is 3.93. The third kappa shape index (κ3) is 3.46. The smallest absolute Gasteiger partial charge is 0.224 e. The highest BCUT2D eigenvalue weighted by Crippen LogP contribution is 2.47. The van der Waals surface area contributed by atoms with Crippen molar-refractivity contribution in [3.63, 3.8) is 0 Å². The van der Waals surface area contributed by atoms with Gasteiger partial charge in [-0.15, -0.1) is 0 Å². The van der Waals surface area contributed by atoms with Crippen LogP contribution >= 0.6 is 0 Å². The Balaban J connectivity index is 1.43. The predicted octanol–water partition coefficient (Wildman–Crippen LogP) is 1.31. The largest absolute Gasteiger partial charge is 0.550 e. The minimum absolute atomic E-state index is 0.0289. The maximum absolute atomic E-state index is 12.3. The van der Waals surface area contributed by atoms with E-state index in [1.165, 1.54) is 5.56 Å². The maximum Gasteiger partial charge on any atom is 0.224 e. The number of nitrogens with one attached hydrogen (secondary N) is 1. The van der Waals surface area contributed by atoms with Gasteiger partial charge < -0.3 is 15.2 Å². The van der Waals surface area contributed by atoms with E-state index in [0.717, 1.165) is 25.7 Å². The molecule has 1 saturated carbocycles. The molecule has 4 nitrogen and oxygen atoms in total. The number of amides is 1. The highest BCUT2D eigenvalue weighted by atomic mass is 16.4. The molecule has 2 bridgehead atoms. The van der Waals surface area contributed by atoms with Gasteiger partial charge in [-0.2, -0.15) is 0 Å². The van der Waals surface area contributed by atoms with Crippen LogP contribution in [0.3, 0.4) is 0 Å². The maximum atomic E-state index is 12.3. The summed E-state index contributed by atoms with van der Waals surface area (Å²) in [7, 11) is 0. The molecular weight excluding hydrogens is 290 g/mol. The van der Waals surface area contributed by atoms with Gasteiger partial charge >= 0.3 is 0 Å². The molecule has 0 aromatic heterocycles. The Labute approximate surface area is 136 Å². The minimum atomic E-state index is -1.09. The van der Waals surface area contributed by atoms with Crippen molar-refractivity contribution >= 4 is 11.9 Å². The van der Waals surface area contributed by atoms with E-state index in [9.17, 15) is 14.7 Å². The number of aryl methyl sites for hydroxylation is 1. The van der Waals surface area contributed by atoms with Crippen LogP contribution in [0.5, 0.6) is 0 Å². The molecule has 1 fully saturated rings. The molecule has 0 spiro atoms. The summed E-state index contributed by atoms with van der Waals surface area (Å²) in [5, 5.41) is 14.2. The van der Waals surface area contributed by atoms with Gasteiger partial charge in [0.05, 0.1) is 5.92 Å². The number of hydrogen-bond donors (Lipinski definition) is 1. The molecule has 0 unspecified atom stereocenters. The fourth-order valence-corrected chi connectivity index (χ4v) is 3.93. The van der Waals surface area contributed by atoms with E-state index < -0.39 is 17.8 Å². The first-order valence-corrected chi connectivity index (χ1v) is 8.37. The first kappa shape index (κ1) is 15.8. The van der Waals surface area contributed by atoms with E-state index in [1.54, 1.807) is 0 Å². The van der Waals surface area contributed by atoms with Crippen LogP contribution in [-0.4, -0.2) is 18.4 Å². The predicted molar refractivity (Wildman–Crippen MR) is 85.1 cm³/mol. The Morgan fingerprint density at radius 3 is 2.43 bits per heavy atom. The van der Waals surface area contributed by atoms with Crippen molar-refractivity contribution in [1.29, 1.82) is 0 Å². The average Bonchev–Trinajstić information content (AvgIpc) is 3.16. The van der Waals surface area contributed by atoms with Gasteiger partial charge in [-0.05, 0) is 43.1 Å². The molecule has 1 aromatic carbocycles. The van der Waals surface area contributed by atoms with Crippen LogP contribution in [0.15, 0.2) is 42.5 Å². The van der Waals surface area contributed by atoms with Gasteiger partial charge in [0.1, 0.15) is 0 Å². The van der Waals surface area contributed by atoms with Crippen LogP contribution in [-0.2, 0) is 16.0 Å². The number of carbonyl (C=O) groups is 2. The van der Waals surface area contributed by atoms with E-state index in [1.807, 2.05) is 30.4 Å². The number of carboxylic acid groups (broad SMARTS) is 1. The molecule has 0 radical (unpaired) electrons. The number of unbranched alkanes of at least 4 members (excludes halogenated alkanes) is 1. The van der Waals surface area contributed by atoms with Crippen LogP contribution in [0.4, 0.5) is 0 Å². The molecule has 122 valence electrons. The molecule has 4 heteroatoms. The van der Waals surface area contributed by atoms with Crippen LogP contribution in [0.1, 0.15) is 24.8 Å². The number of carbonyl (C=O) groups excluding carboxylic acids is 2. The molecule has 1 N–H and O–H groups in total. The second kappa shape index (κ2) is 6.99. The van der Waals surface area contributed by atoms with Gasteiger partial charge in [-0.3, -0.25) is 4.79 Å². The summed E-state index contributed by atoms with van der Waals surface area (Å²) < 4.78 is 0. The lowest BCUT2D eigenvalue weighted by Gasteiger charge is -2.27. The molecule has 0 heterocycles. The Kier molecular flexibility index (Phi) is 4.79. The lowest BCUT2D eigenvalue weighted by Crippen LogP contribution is -2.45. The van der Waals surface area contributed by atoms with Gasteiger partial charge in [0.15, 0.2) is 0 Å².